The Hall–Kier alpha value is -1.35. The van der Waals surface area contributed by atoms with E-state index in [0.29, 0.717) is 12.3 Å². The van der Waals surface area contributed by atoms with Crippen LogP contribution in [0, 0.1) is 12.3 Å². The van der Waals surface area contributed by atoms with Gasteiger partial charge in [0.1, 0.15) is 0 Å². The Morgan fingerprint density at radius 1 is 1.56 bits per heavy atom. The Kier molecular flexibility index (Phi) is 8.17. The summed E-state index contributed by atoms with van der Waals surface area (Å²) in [5.74, 6) is 2.96. The second-order valence-electron chi connectivity index (χ2n) is 3.05. The van der Waals surface area contributed by atoms with E-state index in [2.05, 4.69) is 11.2 Å². The summed E-state index contributed by atoms with van der Waals surface area (Å²) in [6, 6.07) is -0.262. The maximum Gasteiger partial charge on any atom is 0.317 e. The van der Waals surface area contributed by atoms with E-state index in [0.717, 1.165) is 5.75 Å². The van der Waals surface area contributed by atoms with E-state index >= 15 is 0 Å². The van der Waals surface area contributed by atoms with E-state index in [-0.39, 0.29) is 19.0 Å². The lowest BCUT2D eigenvalue weighted by molar-refractivity contribution is -0.137. The molecule has 0 heterocycles. The first-order chi connectivity index (χ1) is 7.57. The van der Waals surface area contributed by atoms with Crippen LogP contribution in [0.4, 0.5) is 4.79 Å². The maximum absolute atomic E-state index is 11.4. The van der Waals surface area contributed by atoms with Crippen LogP contribution in [0.3, 0.4) is 0 Å². The maximum atomic E-state index is 11.4. The van der Waals surface area contributed by atoms with Gasteiger partial charge in [0.05, 0.1) is 12.2 Å². The van der Waals surface area contributed by atoms with Crippen molar-refractivity contribution in [1.29, 1.82) is 0 Å². The first kappa shape index (κ1) is 14.6. The van der Waals surface area contributed by atoms with Crippen molar-refractivity contribution in [1.82, 2.24) is 10.2 Å². The number of nitrogens with one attached hydrogen (secondary N) is 1. The summed E-state index contributed by atoms with van der Waals surface area (Å²) in [7, 11) is 1.56. The number of amides is 2. The molecule has 0 rings (SSSR count). The number of hydrogen-bond acceptors (Lipinski definition) is 3. The highest BCUT2D eigenvalue weighted by Crippen LogP contribution is 1.96. The van der Waals surface area contributed by atoms with Gasteiger partial charge in [-0.15, -0.1) is 18.2 Å². The smallest absolute Gasteiger partial charge is 0.317 e. The van der Waals surface area contributed by atoms with Crippen LogP contribution in [-0.4, -0.2) is 53.6 Å². The Morgan fingerprint density at radius 2 is 2.25 bits per heavy atom. The number of rotatable bonds is 7. The van der Waals surface area contributed by atoms with E-state index < -0.39 is 5.97 Å². The molecule has 0 aliphatic carbocycles. The van der Waals surface area contributed by atoms with Gasteiger partial charge in [-0.05, 0) is 0 Å². The molecule has 0 aliphatic heterocycles. The van der Waals surface area contributed by atoms with Crippen molar-refractivity contribution in [3.8, 4) is 12.3 Å². The number of thioether (sulfide) groups is 1. The zero-order valence-electron chi connectivity index (χ0n) is 9.23. The lowest BCUT2D eigenvalue weighted by atomic mass is 10.4. The standard InChI is InChI=1S/C10H16N2O3S/c1-3-7-16-8-5-11-10(15)12(2)6-4-9(13)14/h1H,4-8H2,2H3,(H,11,15)(H,13,14). The molecule has 0 saturated heterocycles. The van der Waals surface area contributed by atoms with Crippen LogP contribution in [-0.2, 0) is 4.79 Å². The van der Waals surface area contributed by atoms with Gasteiger partial charge in [-0.25, -0.2) is 4.79 Å². The molecule has 2 amide bonds. The fourth-order valence-electron chi connectivity index (χ4n) is 0.861. The second-order valence-corrected chi connectivity index (χ2v) is 4.16. The van der Waals surface area contributed by atoms with Crippen LogP contribution in [0.15, 0.2) is 0 Å². The predicted molar refractivity (Wildman–Crippen MR) is 64.4 cm³/mol. The molecular formula is C10H16N2O3S. The summed E-state index contributed by atoms with van der Waals surface area (Å²) in [6.07, 6.45) is 5.02. The molecule has 0 fully saturated rings. The third kappa shape index (κ3) is 8.00. The summed E-state index contributed by atoms with van der Waals surface area (Å²) in [5, 5.41) is 11.1. The molecule has 0 aromatic rings. The number of carbonyl (C=O) groups is 2. The van der Waals surface area contributed by atoms with Gasteiger partial charge < -0.3 is 15.3 Å². The van der Waals surface area contributed by atoms with Gasteiger partial charge >= 0.3 is 12.0 Å². The normalized spacial score (nSPS) is 9.25. The first-order valence-electron chi connectivity index (χ1n) is 4.80. The van der Waals surface area contributed by atoms with Crippen molar-refractivity contribution in [2.45, 2.75) is 6.42 Å². The molecule has 0 aliphatic rings. The lowest BCUT2D eigenvalue weighted by Crippen LogP contribution is -2.39. The lowest BCUT2D eigenvalue weighted by Gasteiger charge is -2.16. The highest BCUT2D eigenvalue weighted by Gasteiger charge is 2.08. The molecule has 0 spiro atoms. The van der Waals surface area contributed by atoms with E-state index in [1.54, 1.807) is 18.8 Å². The highest BCUT2D eigenvalue weighted by atomic mass is 32.2. The molecule has 16 heavy (non-hydrogen) atoms. The summed E-state index contributed by atoms with van der Waals surface area (Å²) < 4.78 is 0. The van der Waals surface area contributed by atoms with Crippen molar-refractivity contribution in [3.05, 3.63) is 0 Å². The molecule has 6 heteroatoms. The topological polar surface area (TPSA) is 69.6 Å². The molecule has 90 valence electrons. The van der Waals surface area contributed by atoms with E-state index in [9.17, 15) is 9.59 Å². The summed E-state index contributed by atoms with van der Waals surface area (Å²) in [4.78, 5) is 23.0. The van der Waals surface area contributed by atoms with E-state index in [4.69, 9.17) is 11.5 Å². The second kappa shape index (κ2) is 8.92. The minimum Gasteiger partial charge on any atom is -0.481 e. The number of nitrogens with zero attached hydrogens (tertiary/aromatic N) is 1. The molecule has 0 unspecified atom stereocenters. The van der Waals surface area contributed by atoms with Crippen molar-refractivity contribution in [3.63, 3.8) is 0 Å². The van der Waals surface area contributed by atoms with Crippen LogP contribution in [0.25, 0.3) is 0 Å². The van der Waals surface area contributed by atoms with Crippen molar-refractivity contribution in [2.24, 2.45) is 0 Å². The molecule has 0 aromatic heterocycles. The van der Waals surface area contributed by atoms with Crippen molar-refractivity contribution in [2.75, 3.05) is 31.6 Å². The predicted octanol–water partition coefficient (Wildman–Crippen LogP) is 0.469. The third-order valence-corrected chi connectivity index (χ3v) is 2.58. The minimum atomic E-state index is -0.913. The minimum absolute atomic E-state index is 0.0459. The molecule has 0 atom stereocenters. The molecule has 5 nitrogen and oxygen atoms in total. The number of terminal acetylenes is 1. The molecular weight excluding hydrogens is 228 g/mol. The molecule has 2 N–H and O–H groups in total. The fourth-order valence-corrected chi connectivity index (χ4v) is 1.37. The first-order valence-corrected chi connectivity index (χ1v) is 5.95. The number of carboxylic acids is 1. The monoisotopic (exact) mass is 244 g/mol. The SMILES string of the molecule is C#CCSCCNC(=O)N(C)CCC(=O)O. The van der Waals surface area contributed by atoms with Gasteiger partial charge in [-0.1, -0.05) is 5.92 Å². The highest BCUT2D eigenvalue weighted by molar-refractivity contribution is 7.99. The molecule has 0 saturated carbocycles. The number of hydrogen-bond donors (Lipinski definition) is 2. The number of urea groups is 1. The average Bonchev–Trinajstić information content (AvgIpc) is 2.25. The van der Waals surface area contributed by atoms with Gasteiger partial charge in [0.15, 0.2) is 0 Å². The molecule has 0 aromatic carbocycles. The Bertz CT molecular complexity index is 276. The van der Waals surface area contributed by atoms with E-state index in [1.165, 1.54) is 4.90 Å². The van der Waals surface area contributed by atoms with Gasteiger partial charge in [0.2, 0.25) is 0 Å². The van der Waals surface area contributed by atoms with Crippen LogP contribution < -0.4 is 5.32 Å². The summed E-state index contributed by atoms with van der Waals surface area (Å²) >= 11 is 1.56. The van der Waals surface area contributed by atoms with E-state index in [1.807, 2.05) is 0 Å². The molecule has 0 radical (unpaired) electrons. The quantitative estimate of drug-likeness (QED) is 0.504. The summed E-state index contributed by atoms with van der Waals surface area (Å²) in [6.45, 7) is 0.737. The Labute approximate surface area is 99.6 Å². The van der Waals surface area contributed by atoms with Gasteiger partial charge in [-0.3, -0.25) is 4.79 Å². The number of carboxylic acid groups (broad SMARTS) is 1. The zero-order valence-corrected chi connectivity index (χ0v) is 10.0. The van der Waals surface area contributed by atoms with Gasteiger partial charge in [-0.2, -0.15) is 0 Å². The average molecular weight is 244 g/mol. The number of carbonyl (C=O) groups excluding carboxylic acids is 1. The third-order valence-electron chi connectivity index (χ3n) is 1.72. The Balaban J connectivity index is 3.56. The van der Waals surface area contributed by atoms with Crippen LogP contribution in [0.2, 0.25) is 0 Å². The van der Waals surface area contributed by atoms with Crippen LogP contribution in [0.5, 0.6) is 0 Å². The fraction of sp³-hybridized carbons (Fsp3) is 0.600. The zero-order chi connectivity index (χ0) is 12.4. The van der Waals surface area contributed by atoms with Crippen LogP contribution in [0.1, 0.15) is 6.42 Å². The number of aliphatic carboxylic acids is 1. The van der Waals surface area contributed by atoms with Crippen LogP contribution >= 0.6 is 11.8 Å². The van der Waals surface area contributed by atoms with Gasteiger partial charge in [0.25, 0.3) is 0 Å². The van der Waals surface area contributed by atoms with Gasteiger partial charge in [0, 0.05) is 25.9 Å². The summed E-state index contributed by atoms with van der Waals surface area (Å²) in [5.41, 5.74) is 0. The van der Waals surface area contributed by atoms with Crippen molar-refractivity contribution < 1.29 is 14.7 Å². The largest absolute Gasteiger partial charge is 0.481 e. The molecule has 0 bridgehead atoms. The van der Waals surface area contributed by atoms with Crippen molar-refractivity contribution >= 4 is 23.8 Å². The Morgan fingerprint density at radius 3 is 2.81 bits per heavy atom.